The molecule has 1 aromatic carbocycles. The van der Waals surface area contributed by atoms with Gasteiger partial charge in [-0.25, -0.2) is 0 Å². The molecule has 0 saturated heterocycles. The molecule has 1 unspecified atom stereocenters. The first-order valence-corrected chi connectivity index (χ1v) is 6.69. The van der Waals surface area contributed by atoms with Crippen LogP contribution in [0.3, 0.4) is 0 Å². The van der Waals surface area contributed by atoms with Gasteiger partial charge in [0.15, 0.2) is 0 Å². The van der Waals surface area contributed by atoms with Gasteiger partial charge in [0.05, 0.1) is 21.2 Å². The van der Waals surface area contributed by atoms with E-state index in [9.17, 15) is 15.0 Å². The van der Waals surface area contributed by atoms with Gasteiger partial charge in [-0.1, -0.05) is 34.8 Å². The largest absolute Gasteiger partial charge is 0.505 e. The van der Waals surface area contributed by atoms with E-state index in [0.717, 1.165) is 0 Å². The molecule has 7 heteroatoms. The molecule has 0 radical (unpaired) electrons. The van der Waals surface area contributed by atoms with Crippen LogP contribution >= 0.6 is 34.8 Å². The molecule has 0 bridgehead atoms. The van der Waals surface area contributed by atoms with Crippen LogP contribution in [-0.2, 0) is 0 Å². The third kappa shape index (κ3) is 3.89. The molecule has 0 aromatic heterocycles. The van der Waals surface area contributed by atoms with Crippen LogP contribution in [0.4, 0.5) is 0 Å². The average Bonchev–Trinajstić information content (AvgIpc) is 2.33. The van der Waals surface area contributed by atoms with Crippen LogP contribution in [0, 0.1) is 0 Å². The molecule has 19 heavy (non-hydrogen) atoms. The third-order valence-electron chi connectivity index (χ3n) is 2.59. The summed E-state index contributed by atoms with van der Waals surface area (Å²) in [7, 11) is 1.54. The van der Waals surface area contributed by atoms with E-state index < -0.39 is 17.8 Å². The summed E-state index contributed by atoms with van der Waals surface area (Å²) in [4.78, 5) is 13.5. The van der Waals surface area contributed by atoms with Crippen molar-refractivity contribution in [1.29, 1.82) is 0 Å². The van der Waals surface area contributed by atoms with Crippen LogP contribution < -0.4 is 0 Å². The Morgan fingerprint density at radius 1 is 1.37 bits per heavy atom. The second-order valence-electron chi connectivity index (χ2n) is 4.24. The molecule has 0 heterocycles. The highest BCUT2D eigenvalue weighted by atomic mass is 35.5. The van der Waals surface area contributed by atoms with Gasteiger partial charge in [-0.3, -0.25) is 4.79 Å². The summed E-state index contributed by atoms with van der Waals surface area (Å²) in [6, 6.07) is 1.27. The van der Waals surface area contributed by atoms with Crippen LogP contribution in [0.5, 0.6) is 5.75 Å². The van der Waals surface area contributed by atoms with Crippen LogP contribution in [-0.4, -0.2) is 40.7 Å². The Hall–Kier alpha value is -0.680. The number of amides is 1. The maximum absolute atomic E-state index is 12.2. The molecule has 1 rings (SSSR count). The first-order valence-electron chi connectivity index (χ1n) is 5.55. The minimum absolute atomic E-state index is 0.0401. The van der Waals surface area contributed by atoms with Crippen molar-refractivity contribution in [3.63, 3.8) is 0 Å². The second kappa shape index (κ2) is 6.66. The number of nitrogens with zero attached hydrogens (tertiary/aromatic N) is 1. The Kier molecular flexibility index (Phi) is 5.74. The van der Waals surface area contributed by atoms with Crippen LogP contribution in [0.25, 0.3) is 0 Å². The minimum Gasteiger partial charge on any atom is -0.505 e. The number of phenolic OH excluding ortho intramolecular Hbond substituents is 1. The molecule has 0 aliphatic rings. The topological polar surface area (TPSA) is 60.8 Å². The fourth-order valence-corrected chi connectivity index (χ4v) is 2.14. The van der Waals surface area contributed by atoms with Gasteiger partial charge in [-0.05, 0) is 19.4 Å². The summed E-state index contributed by atoms with van der Waals surface area (Å²) in [5.41, 5.74) is -0.132. The number of phenols is 1. The van der Waals surface area contributed by atoms with Crippen molar-refractivity contribution < 1.29 is 15.0 Å². The maximum atomic E-state index is 12.2. The molecule has 1 aromatic rings. The molecule has 0 spiro atoms. The maximum Gasteiger partial charge on any atom is 0.258 e. The summed E-state index contributed by atoms with van der Waals surface area (Å²) < 4.78 is 0. The van der Waals surface area contributed by atoms with Gasteiger partial charge in [0.2, 0.25) is 0 Å². The van der Waals surface area contributed by atoms with E-state index in [2.05, 4.69) is 0 Å². The Morgan fingerprint density at radius 2 is 1.95 bits per heavy atom. The smallest absolute Gasteiger partial charge is 0.258 e. The van der Waals surface area contributed by atoms with Gasteiger partial charge in [0.25, 0.3) is 5.91 Å². The van der Waals surface area contributed by atoms with E-state index in [1.54, 1.807) is 6.92 Å². The molecule has 0 saturated carbocycles. The minimum atomic E-state index is -0.526. The van der Waals surface area contributed by atoms with Gasteiger partial charge >= 0.3 is 0 Å². The fourth-order valence-electron chi connectivity index (χ4n) is 1.45. The summed E-state index contributed by atoms with van der Waals surface area (Å²) in [6.45, 7) is 1.94. The zero-order valence-electron chi connectivity index (χ0n) is 10.5. The fraction of sp³-hybridized carbons (Fsp3) is 0.417. The highest BCUT2D eigenvalue weighted by Crippen LogP contribution is 2.38. The van der Waals surface area contributed by atoms with Gasteiger partial charge in [0, 0.05) is 13.6 Å². The van der Waals surface area contributed by atoms with E-state index in [1.165, 1.54) is 18.0 Å². The zero-order chi connectivity index (χ0) is 14.7. The standard InChI is InChI=1S/C12H14Cl3NO3/c1-6(17)3-4-16(2)12(19)9-10(15)7(13)5-8(14)11(9)18/h5-6,17-18H,3-4H2,1-2H3. The number of aromatic hydroxyl groups is 1. The Morgan fingerprint density at radius 3 is 2.47 bits per heavy atom. The van der Waals surface area contributed by atoms with Crippen molar-refractivity contribution in [1.82, 2.24) is 4.90 Å². The van der Waals surface area contributed by atoms with Gasteiger partial charge in [-0.2, -0.15) is 0 Å². The van der Waals surface area contributed by atoms with E-state index in [4.69, 9.17) is 34.8 Å². The monoisotopic (exact) mass is 325 g/mol. The second-order valence-corrected chi connectivity index (χ2v) is 5.43. The van der Waals surface area contributed by atoms with Crippen LogP contribution in [0.2, 0.25) is 15.1 Å². The van der Waals surface area contributed by atoms with Gasteiger partial charge in [0.1, 0.15) is 11.3 Å². The van der Waals surface area contributed by atoms with Crippen molar-refractivity contribution in [2.24, 2.45) is 0 Å². The summed E-state index contributed by atoms with van der Waals surface area (Å²) >= 11 is 17.5. The molecule has 0 aliphatic heterocycles. The number of benzene rings is 1. The number of hydrogen-bond donors (Lipinski definition) is 2. The van der Waals surface area contributed by atoms with Gasteiger partial charge < -0.3 is 15.1 Å². The van der Waals surface area contributed by atoms with Crippen LogP contribution in [0.1, 0.15) is 23.7 Å². The van der Waals surface area contributed by atoms with E-state index in [1.807, 2.05) is 0 Å². The molecule has 106 valence electrons. The Labute approximate surface area is 126 Å². The normalized spacial score (nSPS) is 12.3. The molecule has 1 atom stereocenters. The molecular weight excluding hydrogens is 312 g/mol. The lowest BCUT2D eigenvalue weighted by Crippen LogP contribution is -2.29. The van der Waals surface area contributed by atoms with E-state index in [0.29, 0.717) is 13.0 Å². The molecule has 2 N–H and O–H groups in total. The molecule has 0 fully saturated rings. The van der Waals surface area contributed by atoms with E-state index in [-0.39, 0.29) is 20.6 Å². The van der Waals surface area contributed by atoms with Crippen molar-refractivity contribution in [2.45, 2.75) is 19.4 Å². The molecule has 4 nitrogen and oxygen atoms in total. The van der Waals surface area contributed by atoms with Gasteiger partial charge in [-0.15, -0.1) is 0 Å². The Balaban J connectivity index is 3.06. The average molecular weight is 327 g/mol. The zero-order valence-corrected chi connectivity index (χ0v) is 12.7. The first-order chi connectivity index (χ1) is 8.75. The highest BCUT2D eigenvalue weighted by Gasteiger charge is 2.23. The summed E-state index contributed by atoms with van der Waals surface area (Å²) in [6.07, 6.45) is -0.114. The number of aliphatic hydroxyl groups is 1. The van der Waals surface area contributed by atoms with Crippen molar-refractivity contribution in [2.75, 3.05) is 13.6 Å². The quantitative estimate of drug-likeness (QED) is 0.835. The predicted molar refractivity (Wildman–Crippen MR) is 76.4 cm³/mol. The number of carbonyl (C=O) groups excluding carboxylic acids is 1. The van der Waals surface area contributed by atoms with Crippen molar-refractivity contribution in [3.05, 3.63) is 26.7 Å². The number of halogens is 3. The lowest BCUT2D eigenvalue weighted by molar-refractivity contribution is 0.0766. The SMILES string of the molecule is CC(O)CCN(C)C(=O)c1c(O)c(Cl)cc(Cl)c1Cl. The lowest BCUT2D eigenvalue weighted by Gasteiger charge is -2.20. The first kappa shape index (κ1) is 16.4. The van der Waals surface area contributed by atoms with E-state index >= 15 is 0 Å². The molecular formula is C12H14Cl3NO3. The summed E-state index contributed by atoms with van der Waals surface area (Å²) in [5, 5.41) is 19.0. The Bertz CT molecular complexity index is 465. The predicted octanol–water partition coefficient (Wildman–Crippen LogP) is 3.20. The highest BCUT2D eigenvalue weighted by molar-refractivity contribution is 6.45. The van der Waals surface area contributed by atoms with Crippen molar-refractivity contribution in [3.8, 4) is 5.75 Å². The van der Waals surface area contributed by atoms with Crippen molar-refractivity contribution >= 4 is 40.7 Å². The number of hydrogen-bond acceptors (Lipinski definition) is 3. The third-order valence-corrected chi connectivity index (χ3v) is 3.66. The molecule has 0 aliphatic carbocycles. The number of carbonyl (C=O) groups is 1. The molecule has 1 amide bonds. The summed E-state index contributed by atoms with van der Waals surface area (Å²) in [5.74, 6) is -0.905. The number of rotatable bonds is 4. The lowest BCUT2D eigenvalue weighted by atomic mass is 10.1. The van der Waals surface area contributed by atoms with Crippen LogP contribution in [0.15, 0.2) is 6.07 Å². The number of aliphatic hydroxyl groups excluding tert-OH is 1.